The number of methoxy groups -OCH3 is 1. The lowest BCUT2D eigenvalue weighted by atomic mass is 9.88. The van der Waals surface area contributed by atoms with Gasteiger partial charge in [-0.3, -0.25) is 0 Å². The molecule has 0 aliphatic heterocycles. The predicted octanol–water partition coefficient (Wildman–Crippen LogP) is 2.54. The van der Waals surface area contributed by atoms with E-state index in [4.69, 9.17) is 4.74 Å². The maximum absolute atomic E-state index is 12.4. The van der Waals surface area contributed by atoms with Gasteiger partial charge in [-0.15, -0.1) is 0 Å². The molecule has 22 heavy (non-hydrogen) atoms. The van der Waals surface area contributed by atoms with Crippen molar-refractivity contribution in [1.29, 1.82) is 0 Å². The van der Waals surface area contributed by atoms with Crippen molar-refractivity contribution >= 4 is 10.2 Å². The lowest BCUT2D eigenvalue weighted by Crippen LogP contribution is -2.44. The van der Waals surface area contributed by atoms with Gasteiger partial charge in [0.25, 0.3) is 10.2 Å². The first kappa shape index (κ1) is 17.2. The molecule has 1 aliphatic rings. The van der Waals surface area contributed by atoms with Crippen molar-refractivity contribution in [2.24, 2.45) is 5.92 Å². The summed E-state index contributed by atoms with van der Waals surface area (Å²) in [6.45, 7) is 2.55. The van der Waals surface area contributed by atoms with E-state index in [0.29, 0.717) is 12.5 Å². The van der Waals surface area contributed by atoms with Gasteiger partial charge in [-0.2, -0.15) is 17.4 Å². The standard InChI is InChI=1S/C16H26N2O3S/c1-13-7-9-15(10-8-13)17-22(19,20)18(2)12-14-5-4-6-16(11-14)21-3/h4-6,11,13,15,17H,7-10,12H2,1-3H3. The van der Waals surface area contributed by atoms with Crippen LogP contribution in [0.15, 0.2) is 24.3 Å². The summed E-state index contributed by atoms with van der Waals surface area (Å²) in [4.78, 5) is 0. The number of nitrogens with zero attached hydrogens (tertiary/aromatic N) is 1. The average molecular weight is 326 g/mol. The van der Waals surface area contributed by atoms with Crippen LogP contribution in [0.4, 0.5) is 0 Å². The molecule has 1 aliphatic carbocycles. The molecule has 0 radical (unpaired) electrons. The lowest BCUT2D eigenvalue weighted by molar-refractivity contribution is 0.325. The molecule has 1 N–H and O–H groups in total. The molecule has 5 nitrogen and oxygen atoms in total. The Balaban J connectivity index is 1.96. The van der Waals surface area contributed by atoms with E-state index in [2.05, 4.69) is 11.6 Å². The van der Waals surface area contributed by atoms with Crippen molar-refractivity contribution in [3.63, 3.8) is 0 Å². The predicted molar refractivity (Wildman–Crippen MR) is 87.9 cm³/mol. The summed E-state index contributed by atoms with van der Waals surface area (Å²) >= 11 is 0. The largest absolute Gasteiger partial charge is 0.497 e. The van der Waals surface area contributed by atoms with Gasteiger partial charge >= 0.3 is 0 Å². The fraction of sp³-hybridized carbons (Fsp3) is 0.625. The summed E-state index contributed by atoms with van der Waals surface area (Å²) in [5.41, 5.74) is 0.907. The number of nitrogens with one attached hydrogen (secondary N) is 1. The quantitative estimate of drug-likeness (QED) is 0.874. The first-order valence-electron chi connectivity index (χ1n) is 7.77. The molecule has 1 saturated carbocycles. The van der Waals surface area contributed by atoms with Gasteiger partial charge in [0.1, 0.15) is 5.75 Å². The van der Waals surface area contributed by atoms with Crippen molar-refractivity contribution in [3.05, 3.63) is 29.8 Å². The summed E-state index contributed by atoms with van der Waals surface area (Å²) in [5, 5.41) is 0. The van der Waals surface area contributed by atoms with Crippen LogP contribution in [-0.2, 0) is 16.8 Å². The van der Waals surface area contributed by atoms with E-state index in [0.717, 1.165) is 37.0 Å². The number of ether oxygens (including phenoxy) is 1. The smallest absolute Gasteiger partial charge is 0.279 e. The van der Waals surface area contributed by atoms with Gasteiger partial charge in [-0.25, -0.2) is 0 Å². The number of benzene rings is 1. The van der Waals surface area contributed by atoms with Gasteiger partial charge in [0.05, 0.1) is 7.11 Å². The summed E-state index contributed by atoms with van der Waals surface area (Å²) in [6, 6.07) is 7.53. The van der Waals surface area contributed by atoms with E-state index in [9.17, 15) is 8.42 Å². The Morgan fingerprint density at radius 1 is 1.27 bits per heavy atom. The Bertz CT molecular complexity index is 581. The van der Waals surface area contributed by atoms with Gasteiger partial charge in [0.15, 0.2) is 0 Å². The first-order valence-corrected chi connectivity index (χ1v) is 9.21. The number of hydrogen-bond acceptors (Lipinski definition) is 3. The van der Waals surface area contributed by atoms with Crippen molar-refractivity contribution in [1.82, 2.24) is 9.03 Å². The molecule has 2 rings (SSSR count). The minimum absolute atomic E-state index is 0.0639. The normalized spacial score (nSPS) is 22.7. The van der Waals surface area contributed by atoms with Crippen molar-refractivity contribution in [2.75, 3.05) is 14.2 Å². The monoisotopic (exact) mass is 326 g/mol. The van der Waals surface area contributed by atoms with Gasteiger partial charge < -0.3 is 4.74 Å². The molecule has 0 spiro atoms. The van der Waals surface area contributed by atoms with Crippen molar-refractivity contribution < 1.29 is 13.2 Å². The highest BCUT2D eigenvalue weighted by Gasteiger charge is 2.25. The molecular formula is C16H26N2O3S. The van der Waals surface area contributed by atoms with Crippen LogP contribution in [0, 0.1) is 5.92 Å². The van der Waals surface area contributed by atoms with E-state index in [-0.39, 0.29) is 6.04 Å². The van der Waals surface area contributed by atoms with Gasteiger partial charge in [0.2, 0.25) is 0 Å². The van der Waals surface area contributed by atoms with Gasteiger partial charge in [-0.1, -0.05) is 19.1 Å². The molecule has 0 saturated heterocycles. The number of rotatable bonds is 6. The number of hydrogen-bond donors (Lipinski definition) is 1. The zero-order valence-electron chi connectivity index (χ0n) is 13.6. The van der Waals surface area contributed by atoms with Crippen LogP contribution >= 0.6 is 0 Å². The maximum Gasteiger partial charge on any atom is 0.279 e. The second-order valence-corrected chi connectivity index (χ2v) is 8.00. The zero-order chi connectivity index (χ0) is 16.2. The average Bonchev–Trinajstić information content (AvgIpc) is 2.49. The van der Waals surface area contributed by atoms with Gasteiger partial charge in [-0.05, 0) is 49.3 Å². The lowest BCUT2D eigenvalue weighted by Gasteiger charge is -2.28. The fourth-order valence-electron chi connectivity index (χ4n) is 2.79. The van der Waals surface area contributed by atoms with E-state index in [1.807, 2.05) is 24.3 Å². The van der Waals surface area contributed by atoms with Gasteiger partial charge in [0, 0.05) is 19.6 Å². The van der Waals surface area contributed by atoms with Crippen LogP contribution in [0.5, 0.6) is 5.75 Å². The third-order valence-electron chi connectivity index (χ3n) is 4.28. The molecule has 0 bridgehead atoms. The summed E-state index contributed by atoms with van der Waals surface area (Å²) in [5.74, 6) is 1.44. The second kappa shape index (κ2) is 7.44. The summed E-state index contributed by atoms with van der Waals surface area (Å²) < 4.78 is 34.2. The Morgan fingerprint density at radius 2 is 1.95 bits per heavy atom. The summed E-state index contributed by atoms with van der Waals surface area (Å²) in [6.07, 6.45) is 4.03. The zero-order valence-corrected chi connectivity index (χ0v) is 14.4. The Morgan fingerprint density at radius 3 is 2.59 bits per heavy atom. The third-order valence-corrected chi connectivity index (χ3v) is 5.86. The van der Waals surface area contributed by atoms with Crippen LogP contribution in [0.3, 0.4) is 0 Å². The molecule has 124 valence electrons. The van der Waals surface area contributed by atoms with Crippen LogP contribution in [0.1, 0.15) is 38.2 Å². The highest BCUT2D eigenvalue weighted by atomic mass is 32.2. The minimum atomic E-state index is -3.45. The molecule has 1 aromatic carbocycles. The fourth-order valence-corrected chi connectivity index (χ4v) is 3.95. The maximum atomic E-state index is 12.4. The summed E-state index contributed by atoms with van der Waals surface area (Å²) in [7, 11) is -0.246. The molecule has 1 aromatic rings. The van der Waals surface area contributed by atoms with E-state index in [1.54, 1.807) is 14.2 Å². The van der Waals surface area contributed by atoms with E-state index in [1.165, 1.54) is 4.31 Å². The second-order valence-electron chi connectivity index (χ2n) is 6.19. The Labute approximate surface area is 133 Å². The highest BCUT2D eigenvalue weighted by molar-refractivity contribution is 7.87. The highest BCUT2D eigenvalue weighted by Crippen LogP contribution is 2.24. The Hall–Kier alpha value is -1.11. The Kier molecular flexibility index (Phi) is 5.83. The molecule has 1 fully saturated rings. The minimum Gasteiger partial charge on any atom is -0.497 e. The van der Waals surface area contributed by atoms with Crippen LogP contribution < -0.4 is 9.46 Å². The molecule has 0 amide bonds. The van der Waals surface area contributed by atoms with Crippen molar-refractivity contribution in [2.45, 2.75) is 45.2 Å². The first-order chi connectivity index (χ1) is 10.4. The van der Waals surface area contributed by atoms with E-state index >= 15 is 0 Å². The molecule has 0 heterocycles. The van der Waals surface area contributed by atoms with Crippen LogP contribution in [0.2, 0.25) is 0 Å². The molecule has 0 atom stereocenters. The molecular weight excluding hydrogens is 300 g/mol. The molecule has 6 heteroatoms. The molecule has 0 unspecified atom stereocenters. The molecule has 0 aromatic heterocycles. The van der Waals surface area contributed by atoms with Crippen molar-refractivity contribution in [3.8, 4) is 5.75 Å². The SMILES string of the molecule is COc1cccc(CN(C)S(=O)(=O)NC2CCC(C)CC2)c1. The van der Waals surface area contributed by atoms with Crippen LogP contribution in [-0.4, -0.2) is 32.9 Å². The topological polar surface area (TPSA) is 58.6 Å². The third kappa shape index (κ3) is 4.69. The van der Waals surface area contributed by atoms with Crippen LogP contribution in [0.25, 0.3) is 0 Å². The van der Waals surface area contributed by atoms with E-state index < -0.39 is 10.2 Å².